The highest BCUT2D eigenvalue weighted by Crippen LogP contribution is 2.47. The molecule has 2 nitrogen and oxygen atoms in total. The Balaban J connectivity index is 2.15. The Kier molecular flexibility index (Phi) is 2.46. The zero-order valence-electron chi connectivity index (χ0n) is 8.90. The maximum Gasteiger partial charge on any atom is 0.0363 e. The van der Waals surface area contributed by atoms with Crippen LogP contribution in [0, 0.1) is 5.92 Å². The molecule has 2 heteroatoms. The number of hydrogen-bond donors (Lipinski definition) is 1. The minimum atomic E-state index is 0.722. The van der Waals surface area contributed by atoms with Crippen LogP contribution in [0.5, 0.6) is 0 Å². The van der Waals surface area contributed by atoms with Crippen molar-refractivity contribution in [3.8, 4) is 0 Å². The molecule has 1 aliphatic carbocycles. The minimum Gasteiger partial charge on any atom is -0.378 e. The molecule has 0 spiro atoms. The SMILES string of the molecule is CN(C)c1cccc([C@@H]2C[C@H]2CN)c1. The zero-order valence-corrected chi connectivity index (χ0v) is 8.90. The molecule has 1 aromatic rings. The number of benzene rings is 1. The van der Waals surface area contributed by atoms with Gasteiger partial charge in [0.05, 0.1) is 0 Å². The number of anilines is 1. The first-order valence-electron chi connectivity index (χ1n) is 5.19. The summed E-state index contributed by atoms with van der Waals surface area (Å²) in [4.78, 5) is 2.14. The predicted octanol–water partition coefficient (Wildman–Crippen LogP) is 1.81. The molecule has 1 aromatic carbocycles. The lowest BCUT2D eigenvalue weighted by Crippen LogP contribution is -2.08. The topological polar surface area (TPSA) is 29.3 Å². The molecule has 0 radical (unpaired) electrons. The van der Waals surface area contributed by atoms with Crippen molar-refractivity contribution in [1.82, 2.24) is 0 Å². The van der Waals surface area contributed by atoms with Gasteiger partial charge in [-0.1, -0.05) is 12.1 Å². The first kappa shape index (κ1) is 9.53. The molecule has 2 atom stereocenters. The van der Waals surface area contributed by atoms with Crippen molar-refractivity contribution in [2.45, 2.75) is 12.3 Å². The van der Waals surface area contributed by atoms with Crippen molar-refractivity contribution in [3.05, 3.63) is 29.8 Å². The van der Waals surface area contributed by atoms with Crippen molar-refractivity contribution >= 4 is 5.69 Å². The largest absolute Gasteiger partial charge is 0.378 e. The van der Waals surface area contributed by atoms with E-state index in [1.54, 1.807) is 0 Å². The highest BCUT2D eigenvalue weighted by Gasteiger charge is 2.36. The van der Waals surface area contributed by atoms with Gasteiger partial charge >= 0.3 is 0 Å². The van der Waals surface area contributed by atoms with E-state index >= 15 is 0 Å². The van der Waals surface area contributed by atoms with Gasteiger partial charge in [-0.15, -0.1) is 0 Å². The molecule has 0 bridgehead atoms. The molecule has 0 heterocycles. The quantitative estimate of drug-likeness (QED) is 0.787. The van der Waals surface area contributed by atoms with Crippen molar-refractivity contribution < 1.29 is 0 Å². The Morgan fingerprint density at radius 1 is 1.43 bits per heavy atom. The Morgan fingerprint density at radius 2 is 2.21 bits per heavy atom. The fraction of sp³-hybridized carbons (Fsp3) is 0.500. The molecule has 0 aromatic heterocycles. The van der Waals surface area contributed by atoms with Gasteiger partial charge < -0.3 is 10.6 Å². The van der Waals surface area contributed by atoms with Crippen molar-refractivity contribution in [3.63, 3.8) is 0 Å². The molecule has 0 unspecified atom stereocenters. The van der Waals surface area contributed by atoms with E-state index in [0.717, 1.165) is 18.4 Å². The highest BCUT2D eigenvalue weighted by atomic mass is 15.1. The van der Waals surface area contributed by atoms with Gasteiger partial charge in [-0.05, 0) is 42.5 Å². The number of rotatable bonds is 3. The third kappa shape index (κ3) is 1.75. The molecule has 1 aliphatic rings. The van der Waals surface area contributed by atoms with Crippen LogP contribution in [0.25, 0.3) is 0 Å². The summed E-state index contributed by atoms with van der Waals surface area (Å²) in [5.41, 5.74) is 8.38. The second kappa shape index (κ2) is 3.62. The van der Waals surface area contributed by atoms with Gasteiger partial charge in [-0.2, -0.15) is 0 Å². The molecule has 14 heavy (non-hydrogen) atoms. The Hall–Kier alpha value is -1.02. The molecule has 76 valence electrons. The summed E-state index contributed by atoms with van der Waals surface area (Å²) in [6.07, 6.45) is 1.27. The molecule has 0 aliphatic heterocycles. The van der Waals surface area contributed by atoms with Crippen LogP contribution in [0.4, 0.5) is 5.69 Å². The standard InChI is InChI=1S/C12H18N2/c1-14(2)11-5-3-4-9(6-11)12-7-10(12)8-13/h3-6,10,12H,7-8,13H2,1-2H3/t10-,12-/m0/s1. The molecule has 2 rings (SSSR count). The number of hydrogen-bond acceptors (Lipinski definition) is 2. The maximum atomic E-state index is 5.65. The number of nitrogens with zero attached hydrogens (tertiary/aromatic N) is 1. The van der Waals surface area contributed by atoms with Gasteiger partial charge in [0.1, 0.15) is 0 Å². The third-order valence-corrected chi connectivity index (χ3v) is 3.04. The molecule has 1 fully saturated rings. The van der Waals surface area contributed by atoms with Crippen molar-refractivity contribution in [2.75, 3.05) is 25.5 Å². The lowest BCUT2D eigenvalue weighted by Gasteiger charge is -2.13. The van der Waals surface area contributed by atoms with Crippen LogP contribution >= 0.6 is 0 Å². The lowest BCUT2D eigenvalue weighted by molar-refractivity contribution is 0.809. The zero-order chi connectivity index (χ0) is 10.1. The molecule has 1 saturated carbocycles. The Labute approximate surface area is 85.7 Å². The van der Waals surface area contributed by atoms with Gasteiger partial charge in [0.2, 0.25) is 0 Å². The van der Waals surface area contributed by atoms with E-state index in [9.17, 15) is 0 Å². The smallest absolute Gasteiger partial charge is 0.0363 e. The summed E-state index contributed by atoms with van der Waals surface area (Å²) >= 11 is 0. The summed E-state index contributed by atoms with van der Waals surface area (Å²) < 4.78 is 0. The second-order valence-electron chi connectivity index (χ2n) is 4.33. The Bertz CT molecular complexity index is 320. The lowest BCUT2D eigenvalue weighted by atomic mass is 10.1. The van der Waals surface area contributed by atoms with Crippen LogP contribution in [-0.4, -0.2) is 20.6 Å². The van der Waals surface area contributed by atoms with Gasteiger partial charge in [0.15, 0.2) is 0 Å². The van der Waals surface area contributed by atoms with E-state index in [-0.39, 0.29) is 0 Å². The first-order valence-corrected chi connectivity index (χ1v) is 5.19. The van der Waals surface area contributed by atoms with E-state index < -0.39 is 0 Å². The van der Waals surface area contributed by atoms with Gasteiger partial charge in [-0.3, -0.25) is 0 Å². The molecular weight excluding hydrogens is 172 g/mol. The average molecular weight is 190 g/mol. The van der Waals surface area contributed by atoms with E-state index in [1.807, 2.05) is 0 Å². The average Bonchev–Trinajstić information content (AvgIpc) is 2.97. The molecule has 0 amide bonds. The maximum absolute atomic E-state index is 5.65. The molecule has 2 N–H and O–H groups in total. The van der Waals surface area contributed by atoms with Crippen LogP contribution in [0.15, 0.2) is 24.3 Å². The summed E-state index contributed by atoms with van der Waals surface area (Å²) in [6.45, 7) is 0.830. The van der Waals surface area contributed by atoms with E-state index in [4.69, 9.17) is 5.73 Å². The van der Waals surface area contributed by atoms with Crippen LogP contribution in [-0.2, 0) is 0 Å². The van der Waals surface area contributed by atoms with Gasteiger partial charge in [0, 0.05) is 19.8 Å². The van der Waals surface area contributed by atoms with E-state index in [1.165, 1.54) is 17.7 Å². The minimum absolute atomic E-state index is 0.722. The van der Waals surface area contributed by atoms with Crippen LogP contribution in [0.1, 0.15) is 17.9 Å². The van der Waals surface area contributed by atoms with Crippen LogP contribution < -0.4 is 10.6 Å². The summed E-state index contributed by atoms with van der Waals surface area (Å²) in [7, 11) is 4.15. The monoisotopic (exact) mass is 190 g/mol. The predicted molar refractivity (Wildman–Crippen MR) is 60.7 cm³/mol. The van der Waals surface area contributed by atoms with Crippen molar-refractivity contribution in [2.24, 2.45) is 11.7 Å². The van der Waals surface area contributed by atoms with Crippen LogP contribution in [0.2, 0.25) is 0 Å². The second-order valence-corrected chi connectivity index (χ2v) is 4.33. The van der Waals surface area contributed by atoms with E-state index in [2.05, 4.69) is 43.3 Å². The summed E-state index contributed by atoms with van der Waals surface area (Å²) in [5, 5.41) is 0. The van der Waals surface area contributed by atoms with Crippen molar-refractivity contribution in [1.29, 1.82) is 0 Å². The Morgan fingerprint density at radius 3 is 2.79 bits per heavy atom. The van der Waals surface area contributed by atoms with E-state index in [0.29, 0.717) is 0 Å². The summed E-state index contributed by atoms with van der Waals surface area (Å²) in [6, 6.07) is 8.77. The molecular formula is C12H18N2. The first-order chi connectivity index (χ1) is 6.72. The normalized spacial score (nSPS) is 24.8. The molecule has 0 saturated heterocycles. The fourth-order valence-electron chi connectivity index (χ4n) is 1.95. The fourth-order valence-corrected chi connectivity index (χ4v) is 1.95. The highest BCUT2D eigenvalue weighted by molar-refractivity contribution is 5.48. The number of nitrogens with two attached hydrogens (primary N) is 1. The third-order valence-electron chi connectivity index (χ3n) is 3.04. The van der Waals surface area contributed by atoms with Gasteiger partial charge in [0.25, 0.3) is 0 Å². The van der Waals surface area contributed by atoms with Gasteiger partial charge in [-0.25, -0.2) is 0 Å². The summed E-state index contributed by atoms with van der Waals surface area (Å²) in [5.74, 6) is 1.45. The van der Waals surface area contributed by atoms with Crippen LogP contribution in [0.3, 0.4) is 0 Å².